The van der Waals surface area contributed by atoms with E-state index in [1.807, 2.05) is 6.07 Å². The summed E-state index contributed by atoms with van der Waals surface area (Å²) in [6.07, 6.45) is -1.35. The van der Waals surface area contributed by atoms with Gasteiger partial charge in [-0.1, -0.05) is 30.0 Å². The first-order chi connectivity index (χ1) is 18.2. The Balaban J connectivity index is 1.50. The highest BCUT2D eigenvalue weighted by Crippen LogP contribution is 2.32. The molecule has 198 valence electrons. The topological polar surface area (TPSA) is 81.9 Å². The molecule has 4 rings (SSSR count). The number of nitrogens with one attached hydrogen (secondary N) is 1. The number of carbonyl (C=O) groups is 1. The van der Waals surface area contributed by atoms with Crippen molar-refractivity contribution in [3.05, 3.63) is 101 Å². The van der Waals surface area contributed by atoms with Crippen LogP contribution in [-0.4, -0.2) is 38.0 Å². The molecule has 0 saturated heterocycles. The fourth-order valence-corrected chi connectivity index (χ4v) is 4.40. The van der Waals surface area contributed by atoms with Gasteiger partial charge in [0.05, 0.1) is 30.3 Å². The molecular formula is C26H23F4N5O2S. The molecule has 1 atom stereocenters. The number of hydrogen-bond donors (Lipinski definition) is 1. The largest absolute Gasteiger partial charge is 0.493 e. The molecule has 2 heterocycles. The first kappa shape index (κ1) is 27.1. The second kappa shape index (κ2) is 12.1. The van der Waals surface area contributed by atoms with Crippen LogP contribution in [0.1, 0.15) is 40.3 Å². The molecule has 2 aromatic heterocycles. The third kappa shape index (κ3) is 6.88. The van der Waals surface area contributed by atoms with Crippen LogP contribution in [0.3, 0.4) is 0 Å². The summed E-state index contributed by atoms with van der Waals surface area (Å²) in [6, 6.07) is 13.2. The van der Waals surface area contributed by atoms with Crippen molar-refractivity contribution < 1.29 is 27.1 Å². The molecule has 0 saturated carbocycles. The summed E-state index contributed by atoms with van der Waals surface area (Å²) in [4.78, 5) is 16.9. The molecule has 0 aliphatic heterocycles. The van der Waals surface area contributed by atoms with Crippen LogP contribution in [0.25, 0.3) is 0 Å². The van der Waals surface area contributed by atoms with Crippen LogP contribution >= 0.6 is 11.8 Å². The highest BCUT2D eigenvalue weighted by molar-refractivity contribution is 7.99. The number of aromatic nitrogens is 4. The lowest BCUT2D eigenvalue weighted by Gasteiger charge is -2.18. The summed E-state index contributed by atoms with van der Waals surface area (Å²) in [5, 5.41) is 11.6. The SMILES string of the molecule is CC(NC(=O)c1ccccc1C(F)(F)F)c1nnc(SCCOc2ccc(F)cc2)n1Cc1cccnc1. The predicted octanol–water partition coefficient (Wildman–Crippen LogP) is 5.54. The van der Waals surface area contributed by atoms with Crippen molar-refractivity contribution in [2.45, 2.75) is 30.8 Å². The van der Waals surface area contributed by atoms with Gasteiger partial charge in [-0.05, 0) is 55.0 Å². The Morgan fingerprint density at radius 3 is 2.55 bits per heavy atom. The first-order valence-electron chi connectivity index (χ1n) is 11.5. The predicted molar refractivity (Wildman–Crippen MR) is 133 cm³/mol. The lowest BCUT2D eigenvalue weighted by molar-refractivity contribution is -0.137. The Labute approximate surface area is 220 Å². The molecule has 1 N–H and O–H groups in total. The van der Waals surface area contributed by atoms with Gasteiger partial charge in [0.2, 0.25) is 0 Å². The van der Waals surface area contributed by atoms with E-state index in [-0.39, 0.29) is 5.82 Å². The number of alkyl halides is 3. The van der Waals surface area contributed by atoms with Gasteiger partial charge in [0.25, 0.3) is 5.91 Å². The van der Waals surface area contributed by atoms with Gasteiger partial charge in [-0.3, -0.25) is 14.3 Å². The van der Waals surface area contributed by atoms with Crippen molar-refractivity contribution in [2.75, 3.05) is 12.4 Å². The lowest BCUT2D eigenvalue weighted by Crippen LogP contribution is -2.30. The number of halogens is 4. The molecular weight excluding hydrogens is 522 g/mol. The maximum absolute atomic E-state index is 13.4. The quantitative estimate of drug-likeness (QED) is 0.160. The number of nitrogens with zero attached hydrogens (tertiary/aromatic N) is 4. The number of amides is 1. The highest BCUT2D eigenvalue weighted by Gasteiger charge is 2.35. The first-order valence-corrected chi connectivity index (χ1v) is 12.5. The number of carbonyl (C=O) groups excluding carboxylic acids is 1. The fourth-order valence-electron chi connectivity index (χ4n) is 3.64. The minimum atomic E-state index is -4.67. The summed E-state index contributed by atoms with van der Waals surface area (Å²) in [5.74, 6) is 0.158. The van der Waals surface area contributed by atoms with Gasteiger partial charge in [-0.25, -0.2) is 4.39 Å². The summed E-state index contributed by atoms with van der Waals surface area (Å²) < 4.78 is 60.7. The number of benzene rings is 2. The number of hydrogen-bond acceptors (Lipinski definition) is 6. The van der Waals surface area contributed by atoms with Crippen molar-refractivity contribution in [1.82, 2.24) is 25.1 Å². The van der Waals surface area contributed by atoms with Crippen LogP contribution in [0, 0.1) is 5.82 Å². The maximum atomic E-state index is 13.4. The third-order valence-corrected chi connectivity index (χ3v) is 6.35. The van der Waals surface area contributed by atoms with Gasteiger partial charge >= 0.3 is 6.18 Å². The molecule has 7 nitrogen and oxygen atoms in total. The second-order valence-corrected chi connectivity index (χ2v) is 9.24. The Hall–Kier alpha value is -3.93. The molecule has 0 bridgehead atoms. The zero-order valence-corrected chi connectivity index (χ0v) is 21.0. The van der Waals surface area contributed by atoms with Crippen LogP contribution in [0.5, 0.6) is 5.75 Å². The van der Waals surface area contributed by atoms with Gasteiger partial charge in [0.1, 0.15) is 11.6 Å². The molecule has 0 fully saturated rings. The van der Waals surface area contributed by atoms with Crippen molar-refractivity contribution in [3.63, 3.8) is 0 Å². The van der Waals surface area contributed by atoms with Crippen LogP contribution in [0.2, 0.25) is 0 Å². The lowest BCUT2D eigenvalue weighted by atomic mass is 10.1. The molecule has 12 heteroatoms. The standard InChI is InChI=1S/C26H23F4N5O2S/c1-17(32-24(36)21-6-2-3-7-22(21)26(28,29)30)23-33-34-25(35(23)16-18-5-4-12-31-15-18)38-14-13-37-20-10-8-19(27)9-11-20/h2-12,15,17H,13-14,16H2,1H3,(H,32,36). The number of thioether (sulfide) groups is 1. The number of ether oxygens (including phenoxy) is 1. The van der Waals surface area contributed by atoms with Gasteiger partial charge in [-0.15, -0.1) is 10.2 Å². The van der Waals surface area contributed by atoms with Crippen molar-refractivity contribution in [1.29, 1.82) is 0 Å². The zero-order chi connectivity index (χ0) is 27.1. The van der Waals surface area contributed by atoms with Crippen molar-refractivity contribution >= 4 is 17.7 Å². The molecule has 0 aliphatic rings. The molecule has 0 spiro atoms. The summed E-state index contributed by atoms with van der Waals surface area (Å²) in [6.45, 7) is 2.27. The summed E-state index contributed by atoms with van der Waals surface area (Å²) in [7, 11) is 0. The average molecular weight is 546 g/mol. The normalized spacial score (nSPS) is 12.2. The van der Waals surface area contributed by atoms with Gasteiger partial charge in [-0.2, -0.15) is 13.2 Å². The Bertz CT molecular complexity index is 1360. The van der Waals surface area contributed by atoms with Crippen molar-refractivity contribution in [3.8, 4) is 5.75 Å². The van der Waals surface area contributed by atoms with Crippen LogP contribution in [0.4, 0.5) is 17.6 Å². The molecule has 1 unspecified atom stereocenters. The van der Waals surface area contributed by atoms with Gasteiger partial charge < -0.3 is 10.1 Å². The Morgan fingerprint density at radius 1 is 1.08 bits per heavy atom. The van der Waals surface area contributed by atoms with Crippen LogP contribution in [-0.2, 0) is 12.7 Å². The third-order valence-electron chi connectivity index (χ3n) is 5.42. The van der Waals surface area contributed by atoms with E-state index in [0.717, 1.165) is 17.7 Å². The van der Waals surface area contributed by atoms with E-state index in [2.05, 4.69) is 20.5 Å². The van der Waals surface area contributed by atoms with E-state index in [1.165, 1.54) is 48.2 Å². The Morgan fingerprint density at radius 2 is 1.84 bits per heavy atom. The van der Waals surface area contributed by atoms with E-state index >= 15 is 0 Å². The minimum absolute atomic E-state index is 0.311. The number of rotatable bonds is 10. The molecule has 1 amide bonds. The molecule has 4 aromatic rings. The van der Waals surface area contributed by atoms with E-state index in [1.54, 1.807) is 30.0 Å². The van der Waals surface area contributed by atoms with Crippen molar-refractivity contribution in [2.24, 2.45) is 0 Å². The second-order valence-electron chi connectivity index (χ2n) is 8.18. The fraction of sp³-hybridized carbons (Fsp3) is 0.231. The minimum Gasteiger partial charge on any atom is -0.493 e. The van der Waals surface area contributed by atoms with E-state index in [9.17, 15) is 22.4 Å². The smallest absolute Gasteiger partial charge is 0.417 e. The molecule has 0 aliphatic carbocycles. The van der Waals surface area contributed by atoms with Gasteiger partial charge in [0.15, 0.2) is 11.0 Å². The highest BCUT2D eigenvalue weighted by atomic mass is 32.2. The zero-order valence-electron chi connectivity index (χ0n) is 20.2. The Kier molecular flexibility index (Phi) is 8.62. The molecule has 38 heavy (non-hydrogen) atoms. The number of pyridine rings is 1. The summed E-state index contributed by atoms with van der Waals surface area (Å²) in [5.41, 5.74) is -0.643. The maximum Gasteiger partial charge on any atom is 0.417 e. The van der Waals surface area contributed by atoms with E-state index in [0.29, 0.717) is 35.6 Å². The van der Waals surface area contributed by atoms with Crippen LogP contribution in [0.15, 0.2) is 78.2 Å². The molecule has 2 aromatic carbocycles. The average Bonchev–Trinajstić information content (AvgIpc) is 3.30. The summed E-state index contributed by atoms with van der Waals surface area (Å²) >= 11 is 1.36. The monoisotopic (exact) mass is 545 g/mol. The van der Waals surface area contributed by atoms with Gasteiger partial charge in [0, 0.05) is 18.1 Å². The molecule has 0 radical (unpaired) electrons. The van der Waals surface area contributed by atoms with E-state index < -0.39 is 29.3 Å². The van der Waals surface area contributed by atoms with E-state index in [4.69, 9.17) is 4.74 Å². The van der Waals surface area contributed by atoms with Crippen LogP contribution < -0.4 is 10.1 Å².